The van der Waals surface area contributed by atoms with Gasteiger partial charge in [-0.3, -0.25) is 0 Å². The fraction of sp³-hybridized carbons (Fsp3) is 0.294. The second-order valence-electron chi connectivity index (χ2n) is 5.31. The topological polar surface area (TPSA) is 115 Å². The van der Waals surface area contributed by atoms with Crippen LogP contribution in [0, 0.1) is 6.92 Å². The summed E-state index contributed by atoms with van der Waals surface area (Å²) in [6.45, 7) is 4.92. The molecule has 24 heavy (non-hydrogen) atoms. The Balaban J connectivity index is 0.000000307. The molecule has 1 aromatic carbocycles. The highest BCUT2D eigenvalue weighted by molar-refractivity contribution is 5.90. The highest BCUT2D eigenvalue weighted by atomic mass is 16.5. The summed E-state index contributed by atoms with van der Waals surface area (Å²) in [7, 11) is 1.71. The second-order valence-corrected chi connectivity index (χ2v) is 5.31. The lowest BCUT2D eigenvalue weighted by Crippen LogP contribution is -2.21. The Labute approximate surface area is 139 Å². The zero-order chi connectivity index (χ0) is 18.3. The third-order valence-electron chi connectivity index (χ3n) is 3.15. The molecule has 0 aliphatic carbocycles. The molecule has 4 N–H and O–H groups in total. The molecule has 0 radical (unpaired) electrons. The number of carbonyl (C=O) groups is 2. The van der Waals surface area contributed by atoms with Crippen molar-refractivity contribution in [2.24, 2.45) is 5.73 Å². The molecule has 0 fully saturated rings. The lowest BCUT2D eigenvalue weighted by molar-refractivity contribution is -0.134. The monoisotopic (exact) mass is 334 g/mol. The van der Waals surface area contributed by atoms with E-state index in [1.54, 1.807) is 7.11 Å². The molecule has 7 nitrogen and oxygen atoms in total. The second kappa shape index (κ2) is 8.73. The number of rotatable bonds is 5. The van der Waals surface area contributed by atoms with E-state index in [0.717, 1.165) is 12.3 Å². The number of hydrogen-bond acceptors (Lipinski definition) is 4. The first-order chi connectivity index (χ1) is 11.3. The van der Waals surface area contributed by atoms with Crippen LogP contribution in [-0.2, 0) is 16.1 Å². The summed E-state index contributed by atoms with van der Waals surface area (Å²) in [5.74, 6) is -1.59. The third-order valence-corrected chi connectivity index (χ3v) is 3.15. The Kier molecular flexibility index (Phi) is 7.00. The molecule has 0 amide bonds. The smallest absolute Gasteiger partial charge is 0.328 e. The van der Waals surface area contributed by atoms with Gasteiger partial charge in [0.1, 0.15) is 5.75 Å². The van der Waals surface area contributed by atoms with Gasteiger partial charge in [-0.05, 0) is 25.5 Å². The average Bonchev–Trinajstić information content (AvgIpc) is 2.84. The van der Waals surface area contributed by atoms with Gasteiger partial charge in [-0.1, -0.05) is 12.1 Å². The summed E-state index contributed by atoms with van der Waals surface area (Å²) in [5, 5.41) is 16.8. The van der Waals surface area contributed by atoms with Gasteiger partial charge in [0, 0.05) is 36.3 Å². The van der Waals surface area contributed by atoms with Crippen molar-refractivity contribution >= 4 is 22.8 Å². The number of fused-ring (bicyclic) bond motifs is 1. The molecule has 7 heteroatoms. The lowest BCUT2D eigenvalue weighted by atomic mass is 10.1. The maximum atomic E-state index is 9.55. The van der Waals surface area contributed by atoms with Crippen LogP contribution < -0.4 is 10.5 Å². The molecule has 0 unspecified atom stereocenters. The Morgan fingerprint density at radius 1 is 1.29 bits per heavy atom. The van der Waals surface area contributed by atoms with E-state index >= 15 is 0 Å². The van der Waals surface area contributed by atoms with Crippen LogP contribution in [0.5, 0.6) is 5.75 Å². The summed E-state index contributed by atoms with van der Waals surface area (Å²) >= 11 is 0. The predicted molar refractivity (Wildman–Crippen MR) is 91.3 cm³/mol. The number of aryl methyl sites for hydroxylation is 1. The first-order valence-electron chi connectivity index (χ1n) is 7.28. The summed E-state index contributed by atoms with van der Waals surface area (Å²) in [6, 6.07) is 6.41. The molecule has 1 atom stereocenters. The van der Waals surface area contributed by atoms with Crippen LogP contribution in [0.15, 0.2) is 36.5 Å². The van der Waals surface area contributed by atoms with Crippen molar-refractivity contribution < 1.29 is 24.5 Å². The Morgan fingerprint density at radius 3 is 2.33 bits per heavy atom. The van der Waals surface area contributed by atoms with E-state index in [2.05, 4.69) is 29.7 Å². The Morgan fingerprint density at radius 2 is 1.88 bits per heavy atom. The summed E-state index contributed by atoms with van der Waals surface area (Å²) < 4.78 is 7.57. The molecular formula is C17H22N2O5. The van der Waals surface area contributed by atoms with Gasteiger partial charge in [0.05, 0.1) is 12.6 Å². The fourth-order valence-electron chi connectivity index (χ4n) is 2.25. The van der Waals surface area contributed by atoms with Gasteiger partial charge in [-0.25, -0.2) is 9.59 Å². The minimum absolute atomic E-state index is 0.140. The normalized spacial score (nSPS) is 11.8. The van der Waals surface area contributed by atoms with E-state index in [1.807, 2.05) is 13.1 Å². The summed E-state index contributed by atoms with van der Waals surface area (Å²) in [6.07, 6.45) is 3.14. The molecule has 2 rings (SSSR count). The molecule has 0 aliphatic rings. The number of benzene rings is 1. The molecule has 0 saturated heterocycles. The van der Waals surface area contributed by atoms with E-state index in [-0.39, 0.29) is 6.04 Å². The van der Waals surface area contributed by atoms with Gasteiger partial charge in [0.15, 0.2) is 0 Å². The molecule has 0 saturated carbocycles. The first-order valence-corrected chi connectivity index (χ1v) is 7.28. The van der Waals surface area contributed by atoms with E-state index in [0.29, 0.717) is 12.2 Å². The van der Waals surface area contributed by atoms with Crippen molar-refractivity contribution in [1.82, 2.24) is 4.57 Å². The van der Waals surface area contributed by atoms with Gasteiger partial charge in [0.2, 0.25) is 0 Å². The number of nitrogens with zero attached hydrogens (tertiary/aromatic N) is 1. The van der Waals surface area contributed by atoms with Crippen LogP contribution in [0.3, 0.4) is 0 Å². The number of carboxylic acid groups (broad SMARTS) is 2. The highest BCUT2D eigenvalue weighted by Gasteiger charge is 2.11. The van der Waals surface area contributed by atoms with Crippen LogP contribution in [0.2, 0.25) is 0 Å². The number of hydrogen-bond donors (Lipinski definition) is 3. The number of aromatic nitrogens is 1. The van der Waals surface area contributed by atoms with Crippen LogP contribution in [0.4, 0.5) is 0 Å². The number of carboxylic acids is 2. The molecular weight excluding hydrogens is 312 g/mol. The van der Waals surface area contributed by atoms with Crippen molar-refractivity contribution in [2.45, 2.75) is 26.4 Å². The van der Waals surface area contributed by atoms with Crippen molar-refractivity contribution in [2.75, 3.05) is 7.11 Å². The summed E-state index contributed by atoms with van der Waals surface area (Å²) in [4.78, 5) is 19.1. The van der Waals surface area contributed by atoms with Crippen LogP contribution in [-0.4, -0.2) is 39.9 Å². The minimum atomic E-state index is -1.26. The number of nitrogens with two attached hydrogens (primary N) is 1. The molecule has 0 bridgehead atoms. The maximum absolute atomic E-state index is 9.55. The van der Waals surface area contributed by atoms with Crippen LogP contribution in [0.1, 0.15) is 12.5 Å². The van der Waals surface area contributed by atoms with Crippen LogP contribution in [0.25, 0.3) is 10.9 Å². The van der Waals surface area contributed by atoms with E-state index in [1.165, 1.54) is 16.5 Å². The number of ether oxygens (including phenoxy) is 1. The van der Waals surface area contributed by atoms with Gasteiger partial charge in [-0.15, -0.1) is 0 Å². The molecule has 0 aliphatic heterocycles. The maximum Gasteiger partial charge on any atom is 0.328 e. The predicted octanol–water partition coefficient (Wildman–Crippen LogP) is 2.02. The molecule has 1 aromatic heterocycles. The van der Waals surface area contributed by atoms with Crippen LogP contribution >= 0.6 is 0 Å². The first kappa shape index (κ1) is 19.2. The van der Waals surface area contributed by atoms with Gasteiger partial charge in [0.25, 0.3) is 0 Å². The third kappa shape index (κ3) is 5.44. The van der Waals surface area contributed by atoms with Crippen molar-refractivity contribution in [1.29, 1.82) is 0 Å². The van der Waals surface area contributed by atoms with Crippen molar-refractivity contribution in [3.05, 3.63) is 42.1 Å². The minimum Gasteiger partial charge on any atom is -0.495 e. The molecule has 130 valence electrons. The summed E-state index contributed by atoms with van der Waals surface area (Å²) in [5.41, 5.74) is 8.27. The Bertz CT molecular complexity index is 731. The van der Waals surface area contributed by atoms with E-state index < -0.39 is 11.9 Å². The fourth-order valence-corrected chi connectivity index (χ4v) is 2.25. The van der Waals surface area contributed by atoms with Gasteiger partial charge >= 0.3 is 11.9 Å². The standard InChI is InChI=1S/C13H18N2O.C4H4O4/c1-9-5-4-6-11-13(9)12(16-3)8-15(11)7-10(2)14;5-3(6)1-2-4(7)8/h4-6,8,10H,7,14H2,1-3H3;1-2H,(H,5,6)(H,7,8)/t10-;/m0./s1. The SMILES string of the molecule is COc1cn(C[C@H](C)N)c2cccc(C)c12.O=C(O)C=CC(=O)O. The van der Waals surface area contributed by atoms with Crippen molar-refractivity contribution in [3.8, 4) is 5.75 Å². The molecule has 2 aromatic rings. The number of methoxy groups -OCH3 is 1. The number of aliphatic carboxylic acids is 2. The highest BCUT2D eigenvalue weighted by Crippen LogP contribution is 2.30. The Hall–Kier alpha value is -2.80. The quantitative estimate of drug-likeness (QED) is 0.721. The molecule has 1 heterocycles. The largest absolute Gasteiger partial charge is 0.495 e. The van der Waals surface area contributed by atoms with E-state index in [4.69, 9.17) is 20.7 Å². The zero-order valence-electron chi connectivity index (χ0n) is 13.9. The zero-order valence-corrected chi connectivity index (χ0v) is 13.9. The van der Waals surface area contributed by atoms with Crippen molar-refractivity contribution in [3.63, 3.8) is 0 Å². The van der Waals surface area contributed by atoms with Gasteiger partial charge in [-0.2, -0.15) is 0 Å². The van der Waals surface area contributed by atoms with Gasteiger partial charge < -0.3 is 25.3 Å². The van der Waals surface area contributed by atoms with E-state index in [9.17, 15) is 9.59 Å². The lowest BCUT2D eigenvalue weighted by Gasteiger charge is -2.08. The molecule has 0 spiro atoms. The average molecular weight is 334 g/mol.